The van der Waals surface area contributed by atoms with Gasteiger partial charge >= 0.3 is 0 Å². The zero-order valence-corrected chi connectivity index (χ0v) is 15.6. The largest absolute Gasteiger partial charge is 0.507 e. The van der Waals surface area contributed by atoms with Crippen molar-refractivity contribution < 1.29 is 15.3 Å². The van der Waals surface area contributed by atoms with E-state index in [-0.39, 0.29) is 6.61 Å². The minimum absolute atomic E-state index is 0.119. The third-order valence-electron chi connectivity index (χ3n) is 4.47. The number of rotatable bonds is 7. The van der Waals surface area contributed by atoms with E-state index in [1.807, 2.05) is 52.0 Å². The third kappa shape index (κ3) is 4.97. The Morgan fingerprint density at radius 1 is 0.760 bits per heavy atom. The van der Waals surface area contributed by atoms with E-state index in [9.17, 15) is 15.3 Å². The summed E-state index contributed by atoms with van der Waals surface area (Å²) in [6.07, 6.45) is 0.650. The van der Waals surface area contributed by atoms with Crippen molar-refractivity contribution in [1.29, 1.82) is 0 Å². The summed E-state index contributed by atoms with van der Waals surface area (Å²) in [4.78, 5) is 2.15. The molecular weight excluding hydrogens is 314 g/mol. The van der Waals surface area contributed by atoms with Gasteiger partial charge in [0.1, 0.15) is 11.5 Å². The van der Waals surface area contributed by atoms with E-state index in [0.29, 0.717) is 37.6 Å². The Bertz CT molecular complexity index is 681. The zero-order chi connectivity index (χ0) is 18.6. The van der Waals surface area contributed by atoms with Crippen LogP contribution in [-0.4, -0.2) is 33.4 Å². The summed E-state index contributed by atoms with van der Waals surface area (Å²) in [5, 5.41) is 30.0. The van der Waals surface area contributed by atoms with Crippen molar-refractivity contribution in [3.8, 4) is 11.5 Å². The molecule has 2 aromatic carbocycles. The minimum Gasteiger partial charge on any atom is -0.507 e. The van der Waals surface area contributed by atoms with Gasteiger partial charge < -0.3 is 15.3 Å². The maximum atomic E-state index is 10.4. The number of aryl methyl sites for hydroxylation is 4. The van der Waals surface area contributed by atoms with Crippen LogP contribution in [0.2, 0.25) is 0 Å². The maximum absolute atomic E-state index is 10.4. The van der Waals surface area contributed by atoms with Crippen molar-refractivity contribution >= 4 is 0 Å². The van der Waals surface area contributed by atoms with Crippen molar-refractivity contribution in [1.82, 2.24) is 4.90 Å². The molecule has 0 bridgehead atoms. The van der Waals surface area contributed by atoms with E-state index in [4.69, 9.17) is 0 Å². The fraction of sp³-hybridized carbons (Fsp3) is 0.429. The average molecular weight is 343 g/mol. The fourth-order valence-corrected chi connectivity index (χ4v) is 3.33. The third-order valence-corrected chi connectivity index (χ3v) is 4.47. The van der Waals surface area contributed by atoms with Gasteiger partial charge in [0.05, 0.1) is 0 Å². The summed E-state index contributed by atoms with van der Waals surface area (Å²) in [6.45, 7) is 9.79. The summed E-state index contributed by atoms with van der Waals surface area (Å²) < 4.78 is 0. The molecule has 4 nitrogen and oxygen atoms in total. The molecule has 0 aliphatic rings. The van der Waals surface area contributed by atoms with Crippen LogP contribution in [-0.2, 0) is 13.1 Å². The molecule has 2 aromatic rings. The molecule has 0 aliphatic carbocycles. The highest BCUT2D eigenvalue weighted by Gasteiger charge is 2.15. The van der Waals surface area contributed by atoms with Crippen LogP contribution in [0.1, 0.15) is 39.8 Å². The number of aliphatic hydroxyl groups is 1. The van der Waals surface area contributed by atoms with Crippen LogP contribution in [0.3, 0.4) is 0 Å². The van der Waals surface area contributed by atoms with Crippen LogP contribution in [0.4, 0.5) is 0 Å². The highest BCUT2D eigenvalue weighted by molar-refractivity contribution is 5.44. The molecule has 0 saturated heterocycles. The summed E-state index contributed by atoms with van der Waals surface area (Å²) in [7, 11) is 0. The lowest BCUT2D eigenvalue weighted by Crippen LogP contribution is -2.25. The Morgan fingerprint density at radius 3 is 1.60 bits per heavy atom. The topological polar surface area (TPSA) is 63.9 Å². The molecule has 0 atom stereocenters. The Hall–Kier alpha value is -2.04. The van der Waals surface area contributed by atoms with Gasteiger partial charge in [-0.05, 0) is 45.2 Å². The van der Waals surface area contributed by atoms with Crippen LogP contribution >= 0.6 is 0 Å². The van der Waals surface area contributed by atoms with Gasteiger partial charge in [-0.25, -0.2) is 0 Å². The number of hydrogen-bond acceptors (Lipinski definition) is 4. The summed E-state index contributed by atoms with van der Waals surface area (Å²) in [5.41, 5.74) is 5.71. The van der Waals surface area contributed by atoms with Crippen molar-refractivity contribution in [3.05, 3.63) is 57.6 Å². The van der Waals surface area contributed by atoms with Gasteiger partial charge in [-0.1, -0.05) is 35.4 Å². The van der Waals surface area contributed by atoms with Crippen LogP contribution in [0, 0.1) is 27.7 Å². The zero-order valence-electron chi connectivity index (χ0n) is 15.6. The first-order valence-electron chi connectivity index (χ1n) is 8.73. The van der Waals surface area contributed by atoms with E-state index >= 15 is 0 Å². The molecule has 0 amide bonds. The summed E-state index contributed by atoms with van der Waals surface area (Å²) >= 11 is 0. The first-order chi connectivity index (χ1) is 11.8. The first-order valence-corrected chi connectivity index (χ1v) is 8.73. The molecule has 0 heterocycles. The van der Waals surface area contributed by atoms with Crippen molar-refractivity contribution in [2.45, 2.75) is 47.2 Å². The first kappa shape index (κ1) is 19.3. The van der Waals surface area contributed by atoms with Crippen LogP contribution in [0.5, 0.6) is 11.5 Å². The molecule has 0 unspecified atom stereocenters. The molecule has 25 heavy (non-hydrogen) atoms. The van der Waals surface area contributed by atoms with Crippen LogP contribution in [0.15, 0.2) is 24.3 Å². The van der Waals surface area contributed by atoms with Gasteiger partial charge in [0.2, 0.25) is 0 Å². The molecule has 0 aliphatic heterocycles. The lowest BCUT2D eigenvalue weighted by molar-refractivity contribution is 0.209. The number of phenolic OH excluding ortho intramolecular Hbond substituents is 2. The number of phenols is 2. The van der Waals surface area contributed by atoms with Crippen LogP contribution < -0.4 is 0 Å². The maximum Gasteiger partial charge on any atom is 0.122 e. The molecule has 0 fully saturated rings. The van der Waals surface area contributed by atoms with Gasteiger partial charge in [0, 0.05) is 37.4 Å². The second-order valence-electron chi connectivity index (χ2n) is 6.97. The molecule has 0 aromatic heterocycles. The molecule has 0 saturated carbocycles. The molecule has 4 heteroatoms. The number of aromatic hydroxyl groups is 2. The van der Waals surface area contributed by atoms with E-state index in [0.717, 1.165) is 33.4 Å². The monoisotopic (exact) mass is 343 g/mol. The number of benzene rings is 2. The van der Waals surface area contributed by atoms with E-state index in [2.05, 4.69) is 4.90 Å². The van der Waals surface area contributed by atoms with E-state index in [1.165, 1.54) is 0 Å². The normalized spacial score (nSPS) is 11.3. The molecule has 0 radical (unpaired) electrons. The number of aliphatic hydroxyl groups excluding tert-OH is 1. The molecule has 136 valence electrons. The molecular formula is C21H29NO3. The Labute approximate surface area is 150 Å². The number of nitrogens with zero attached hydrogens (tertiary/aromatic N) is 1. The van der Waals surface area contributed by atoms with Gasteiger partial charge in [-0.3, -0.25) is 4.90 Å². The Kier molecular flexibility index (Phi) is 6.45. The van der Waals surface area contributed by atoms with Gasteiger partial charge in [-0.2, -0.15) is 0 Å². The van der Waals surface area contributed by atoms with E-state index in [1.54, 1.807) is 0 Å². The highest BCUT2D eigenvalue weighted by atomic mass is 16.3. The smallest absolute Gasteiger partial charge is 0.122 e. The van der Waals surface area contributed by atoms with Gasteiger partial charge in [0.15, 0.2) is 0 Å². The second-order valence-corrected chi connectivity index (χ2v) is 6.97. The quantitative estimate of drug-likeness (QED) is 0.717. The summed E-state index contributed by atoms with van der Waals surface area (Å²) in [6, 6.07) is 7.92. The fourth-order valence-electron chi connectivity index (χ4n) is 3.33. The molecule has 3 N–H and O–H groups in total. The lowest BCUT2D eigenvalue weighted by Gasteiger charge is -2.24. The molecule has 2 rings (SSSR count). The highest BCUT2D eigenvalue weighted by Crippen LogP contribution is 2.28. The predicted molar refractivity (Wildman–Crippen MR) is 101 cm³/mol. The SMILES string of the molecule is Cc1cc(C)c(O)c(CN(CCCO)Cc2cc(C)cc(C)c2O)c1. The average Bonchev–Trinajstić information content (AvgIpc) is 2.54. The Morgan fingerprint density at radius 2 is 1.20 bits per heavy atom. The Balaban J connectivity index is 2.28. The van der Waals surface area contributed by atoms with Gasteiger partial charge in [0.25, 0.3) is 0 Å². The summed E-state index contributed by atoms with van der Waals surface area (Å²) in [5.74, 6) is 0.647. The lowest BCUT2D eigenvalue weighted by atomic mass is 10.0. The molecule has 0 spiro atoms. The van der Waals surface area contributed by atoms with Gasteiger partial charge in [-0.15, -0.1) is 0 Å². The van der Waals surface area contributed by atoms with Crippen molar-refractivity contribution in [3.63, 3.8) is 0 Å². The standard InChI is InChI=1S/C21H29NO3/c1-14-8-16(3)20(24)18(10-14)12-22(6-5-7-23)13-19-11-15(2)9-17(4)21(19)25/h8-11,23-25H,5-7,12-13H2,1-4H3. The van der Waals surface area contributed by atoms with Crippen molar-refractivity contribution in [2.75, 3.05) is 13.2 Å². The van der Waals surface area contributed by atoms with Crippen molar-refractivity contribution in [2.24, 2.45) is 0 Å². The predicted octanol–water partition coefficient (Wildman–Crippen LogP) is 3.72. The van der Waals surface area contributed by atoms with Crippen LogP contribution in [0.25, 0.3) is 0 Å². The second kappa shape index (κ2) is 8.37. The van der Waals surface area contributed by atoms with E-state index < -0.39 is 0 Å². The number of hydrogen-bond donors (Lipinski definition) is 3. The minimum atomic E-state index is 0.119.